The zero-order chi connectivity index (χ0) is 17.2. The first-order valence-corrected chi connectivity index (χ1v) is 8.35. The number of carboxylic acids is 1. The first kappa shape index (κ1) is 19.0. The monoisotopic (exact) mass is 340 g/mol. The average Bonchev–Trinajstić information content (AvgIpc) is 2.50. The minimum absolute atomic E-state index is 0.114. The fourth-order valence-corrected chi connectivity index (χ4v) is 2.75. The third-order valence-electron chi connectivity index (χ3n) is 3.07. The number of nitro groups is 1. The maximum Gasteiger partial charge on any atom is 0.303 e. The van der Waals surface area contributed by atoms with Gasteiger partial charge in [0.15, 0.2) is 0 Å². The molecule has 1 rings (SSSR count). The van der Waals surface area contributed by atoms with E-state index >= 15 is 0 Å². The maximum atomic E-state index is 12.2. The molecule has 2 N–H and O–H groups in total. The number of nitrogens with one attached hydrogen (secondary N) is 1. The van der Waals surface area contributed by atoms with Crippen LogP contribution >= 0.6 is 11.8 Å². The molecule has 0 atom stereocenters. The summed E-state index contributed by atoms with van der Waals surface area (Å²) in [5, 5.41) is 22.1. The van der Waals surface area contributed by atoms with E-state index in [1.165, 1.54) is 23.9 Å². The Kier molecular flexibility index (Phi) is 8.10. The van der Waals surface area contributed by atoms with Gasteiger partial charge in [-0.3, -0.25) is 19.7 Å². The van der Waals surface area contributed by atoms with Crippen LogP contribution in [0.15, 0.2) is 23.1 Å². The summed E-state index contributed by atoms with van der Waals surface area (Å²) in [6.07, 6.45) is 2.07. The molecule has 1 aromatic carbocycles. The Morgan fingerprint density at radius 1 is 1.30 bits per heavy atom. The van der Waals surface area contributed by atoms with Crippen molar-refractivity contribution in [3.8, 4) is 0 Å². The number of benzene rings is 1. The molecule has 1 amide bonds. The predicted molar refractivity (Wildman–Crippen MR) is 87.9 cm³/mol. The summed E-state index contributed by atoms with van der Waals surface area (Å²) in [5.74, 6) is -0.414. The molecule has 8 heteroatoms. The first-order chi connectivity index (χ1) is 11.0. The number of nitrogens with zero attached hydrogens (tertiary/aromatic N) is 1. The molecule has 1 aromatic rings. The summed E-state index contributed by atoms with van der Waals surface area (Å²) in [5.41, 5.74) is 0.189. The molecule has 0 aliphatic heterocycles. The van der Waals surface area contributed by atoms with Gasteiger partial charge in [-0.05, 0) is 24.7 Å². The average molecular weight is 340 g/mol. The van der Waals surface area contributed by atoms with Crippen molar-refractivity contribution in [2.24, 2.45) is 0 Å². The van der Waals surface area contributed by atoms with Crippen LogP contribution in [-0.4, -0.2) is 34.2 Å². The number of nitro benzene ring substituents is 1. The molecule has 0 saturated heterocycles. The molecular formula is C15H20N2O5S. The normalized spacial score (nSPS) is 10.3. The Bertz CT molecular complexity index is 577. The number of carbonyl (C=O) groups is 2. The summed E-state index contributed by atoms with van der Waals surface area (Å²) in [6, 6.07) is 4.27. The SMILES string of the molecule is CCSc1ccc([N+](=O)[O-])cc1C(=O)NCCCCCC(=O)O. The van der Waals surface area contributed by atoms with E-state index in [4.69, 9.17) is 5.11 Å². The van der Waals surface area contributed by atoms with Gasteiger partial charge in [-0.2, -0.15) is 0 Å². The molecule has 0 aliphatic carbocycles. The summed E-state index contributed by atoms with van der Waals surface area (Å²) in [7, 11) is 0. The molecule has 0 bridgehead atoms. The zero-order valence-electron chi connectivity index (χ0n) is 12.9. The lowest BCUT2D eigenvalue weighted by Crippen LogP contribution is -2.25. The van der Waals surface area contributed by atoms with Crippen LogP contribution in [0.4, 0.5) is 5.69 Å². The van der Waals surface area contributed by atoms with Gasteiger partial charge in [-0.25, -0.2) is 0 Å². The number of thioether (sulfide) groups is 1. The molecule has 126 valence electrons. The number of amides is 1. The number of rotatable bonds is 10. The zero-order valence-corrected chi connectivity index (χ0v) is 13.7. The predicted octanol–water partition coefficient (Wildman–Crippen LogP) is 3.08. The minimum atomic E-state index is -0.827. The highest BCUT2D eigenvalue weighted by Crippen LogP contribution is 2.26. The van der Waals surface area contributed by atoms with E-state index in [2.05, 4.69) is 5.32 Å². The van der Waals surface area contributed by atoms with Crippen molar-refractivity contribution in [2.45, 2.75) is 37.5 Å². The Labute approximate surface area is 138 Å². The van der Waals surface area contributed by atoms with E-state index < -0.39 is 10.9 Å². The molecule has 0 saturated carbocycles. The second-order valence-electron chi connectivity index (χ2n) is 4.83. The number of aliphatic carboxylic acids is 1. The van der Waals surface area contributed by atoms with Crippen LogP contribution in [-0.2, 0) is 4.79 Å². The number of unbranched alkanes of at least 4 members (excludes halogenated alkanes) is 2. The fourth-order valence-electron chi connectivity index (χ4n) is 1.97. The van der Waals surface area contributed by atoms with E-state index in [9.17, 15) is 19.7 Å². The molecule has 0 radical (unpaired) electrons. The van der Waals surface area contributed by atoms with Crippen LogP contribution in [0.1, 0.15) is 43.0 Å². The van der Waals surface area contributed by atoms with Gasteiger partial charge in [0, 0.05) is 30.0 Å². The van der Waals surface area contributed by atoms with E-state index in [1.807, 2.05) is 6.92 Å². The van der Waals surface area contributed by atoms with Crippen LogP contribution in [0.5, 0.6) is 0 Å². The van der Waals surface area contributed by atoms with Gasteiger partial charge in [-0.15, -0.1) is 11.8 Å². The van der Waals surface area contributed by atoms with Crippen molar-refractivity contribution in [3.05, 3.63) is 33.9 Å². The lowest BCUT2D eigenvalue weighted by atomic mass is 10.1. The van der Waals surface area contributed by atoms with Crippen molar-refractivity contribution in [1.29, 1.82) is 0 Å². The topological polar surface area (TPSA) is 110 Å². The molecular weight excluding hydrogens is 320 g/mol. The highest BCUT2D eigenvalue weighted by molar-refractivity contribution is 7.99. The van der Waals surface area contributed by atoms with Crippen molar-refractivity contribution < 1.29 is 19.6 Å². The maximum absolute atomic E-state index is 12.2. The number of non-ortho nitro benzene ring substituents is 1. The van der Waals surface area contributed by atoms with Gasteiger partial charge >= 0.3 is 5.97 Å². The third kappa shape index (κ3) is 6.68. The van der Waals surface area contributed by atoms with Gasteiger partial charge in [0.2, 0.25) is 0 Å². The van der Waals surface area contributed by atoms with Crippen molar-refractivity contribution in [3.63, 3.8) is 0 Å². The van der Waals surface area contributed by atoms with Gasteiger partial charge in [0.1, 0.15) is 0 Å². The van der Waals surface area contributed by atoms with Crippen LogP contribution < -0.4 is 5.32 Å². The van der Waals surface area contributed by atoms with E-state index in [0.29, 0.717) is 36.3 Å². The molecule has 0 aromatic heterocycles. The third-order valence-corrected chi connectivity index (χ3v) is 4.03. The Hall–Kier alpha value is -2.09. The highest BCUT2D eigenvalue weighted by Gasteiger charge is 2.16. The molecule has 0 aliphatic rings. The van der Waals surface area contributed by atoms with Gasteiger partial charge < -0.3 is 10.4 Å². The largest absolute Gasteiger partial charge is 0.481 e. The number of carbonyl (C=O) groups excluding carboxylic acids is 1. The number of hydrogen-bond acceptors (Lipinski definition) is 5. The number of carboxylic acid groups (broad SMARTS) is 1. The van der Waals surface area contributed by atoms with E-state index in [-0.39, 0.29) is 18.0 Å². The van der Waals surface area contributed by atoms with Gasteiger partial charge in [-0.1, -0.05) is 13.3 Å². The molecule has 23 heavy (non-hydrogen) atoms. The van der Waals surface area contributed by atoms with Crippen LogP contribution in [0.2, 0.25) is 0 Å². The molecule has 0 spiro atoms. The molecule has 0 heterocycles. The second kappa shape index (κ2) is 9.83. The highest BCUT2D eigenvalue weighted by atomic mass is 32.2. The quantitative estimate of drug-likeness (QED) is 0.293. The van der Waals surface area contributed by atoms with Gasteiger partial charge in [0.25, 0.3) is 11.6 Å². The summed E-state index contributed by atoms with van der Waals surface area (Å²) >= 11 is 1.45. The van der Waals surface area contributed by atoms with Crippen LogP contribution in [0.25, 0.3) is 0 Å². The Morgan fingerprint density at radius 3 is 2.65 bits per heavy atom. The van der Waals surface area contributed by atoms with Crippen LogP contribution in [0, 0.1) is 10.1 Å². The summed E-state index contributed by atoms with van der Waals surface area (Å²) < 4.78 is 0. The summed E-state index contributed by atoms with van der Waals surface area (Å²) in [4.78, 5) is 33.6. The lowest BCUT2D eigenvalue weighted by Gasteiger charge is -2.09. The number of hydrogen-bond donors (Lipinski definition) is 2. The molecule has 0 unspecified atom stereocenters. The summed E-state index contributed by atoms with van der Waals surface area (Å²) in [6.45, 7) is 2.35. The molecule has 0 fully saturated rings. The standard InChI is InChI=1S/C15H20N2O5S/c1-2-23-13-8-7-11(17(21)22)10-12(13)15(20)16-9-5-3-4-6-14(18)19/h7-8,10H,2-6,9H2,1H3,(H,16,20)(H,18,19). The first-order valence-electron chi connectivity index (χ1n) is 7.37. The van der Waals surface area contributed by atoms with Crippen molar-refractivity contribution in [1.82, 2.24) is 5.32 Å². The minimum Gasteiger partial charge on any atom is -0.481 e. The Balaban J connectivity index is 2.61. The van der Waals surface area contributed by atoms with Gasteiger partial charge in [0.05, 0.1) is 10.5 Å². The smallest absolute Gasteiger partial charge is 0.303 e. The van der Waals surface area contributed by atoms with Crippen molar-refractivity contribution in [2.75, 3.05) is 12.3 Å². The van der Waals surface area contributed by atoms with Crippen LogP contribution in [0.3, 0.4) is 0 Å². The van der Waals surface area contributed by atoms with Crippen molar-refractivity contribution >= 4 is 29.3 Å². The van der Waals surface area contributed by atoms with E-state index in [0.717, 1.165) is 5.75 Å². The Morgan fingerprint density at radius 2 is 2.04 bits per heavy atom. The lowest BCUT2D eigenvalue weighted by molar-refractivity contribution is -0.384. The fraction of sp³-hybridized carbons (Fsp3) is 0.467. The second-order valence-corrected chi connectivity index (χ2v) is 6.14. The van der Waals surface area contributed by atoms with E-state index in [1.54, 1.807) is 6.07 Å². The molecule has 7 nitrogen and oxygen atoms in total.